The first-order valence-corrected chi connectivity index (χ1v) is 7.96. The first kappa shape index (κ1) is 16.2. The van der Waals surface area contributed by atoms with Crippen LogP contribution in [-0.4, -0.2) is 15.2 Å². The normalized spacial score (nSPS) is 10.5. The van der Waals surface area contributed by atoms with Gasteiger partial charge in [0.05, 0.1) is 6.20 Å². The minimum Gasteiger partial charge on any atom is -0.339 e. The number of rotatable bonds is 4. The van der Waals surface area contributed by atoms with Crippen LogP contribution in [0.3, 0.4) is 0 Å². The summed E-state index contributed by atoms with van der Waals surface area (Å²) in [5, 5.41) is 15.1. The van der Waals surface area contributed by atoms with Crippen molar-refractivity contribution in [1.29, 1.82) is 0 Å². The molecule has 122 valence electrons. The molecule has 3 aromatic rings. The van der Waals surface area contributed by atoms with E-state index in [2.05, 4.69) is 38.8 Å². The standard InChI is InChI=1S/C18H18ClN5/c1-11-4-7-15(13(3)8-11)22-18-23-17(10-20-24-18)21-16-9-14(19)6-5-12(16)2/h4-10H,1-3H3,(H2,21,22,23,24). The van der Waals surface area contributed by atoms with E-state index in [1.165, 1.54) is 5.56 Å². The molecule has 2 N–H and O–H groups in total. The minimum absolute atomic E-state index is 0.437. The molecule has 1 heterocycles. The third kappa shape index (κ3) is 3.81. The number of halogens is 1. The maximum atomic E-state index is 6.05. The molecule has 0 aliphatic rings. The minimum atomic E-state index is 0.437. The monoisotopic (exact) mass is 339 g/mol. The van der Waals surface area contributed by atoms with Gasteiger partial charge in [-0.15, -0.1) is 5.10 Å². The molecule has 24 heavy (non-hydrogen) atoms. The summed E-state index contributed by atoms with van der Waals surface area (Å²) in [4.78, 5) is 4.46. The molecule has 1 aromatic heterocycles. The second kappa shape index (κ2) is 6.84. The number of anilines is 4. The van der Waals surface area contributed by atoms with Gasteiger partial charge in [-0.1, -0.05) is 35.4 Å². The highest BCUT2D eigenvalue weighted by atomic mass is 35.5. The fourth-order valence-corrected chi connectivity index (χ4v) is 2.53. The van der Waals surface area contributed by atoms with Gasteiger partial charge in [-0.25, -0.2) is 0 Å². The van der Waals surface area contributed by atoms with Gasteiger partial charge in [-0.2, -0.15) is 10.1 Å². The zero-order valence-corrected chi connectivity index (χ0v) is 14.5. The third-order valence-electron chi connectivity index (χ3n) is 3.65. The van der Waals surface area contributed by atoms with Crippen LogP contribution in [0.1, 0.15) is 16.7 Å². The van der Waals surface area contributed by atoms with E-state index < -0.39 is 0 Å². The van der Waals surface area contributed by atoms with Crippen molar-refractivity contribution < 1.29 is 0 Å². The Morgan fingerprint density at radius 2 is 1.71 bits per heavy atom. The lowest BCUT2D eigenvalue weighted by atomic mass is 10.1. The number of hydrogen-bond donors (Lipinski definition) is 2. The van der Waals surface area contributed by atoms with E-state index in [1.807, 2.05) is 44.2 Å². The highest BCUT2D eigenvalue weighted by Gasteiger charge is 2.06. The molecular formula is C18H18ClN5. The number of benzene rings is 2. The predicted octanol–water partition coefficient (Wildman–Crippen LogP) is 4.94. The van der Waals surface area contributed by atoms with Crippen molar-refractivity contribution >= 4 is 34.7 Å². The molecule has 0 amide bonds. The summed E-state index contributed by atoms with van der Waals surface area (Å²) in [5.74, 6) is 1.04. The van der Waals surface area contributed by atoms with Crippen LogP contribution >= 0.6 is 11.6 Å². The summed E-state index contributed by atoms with van der Waals surface area (Å²) < 4.78 is 0. The molecular weight excluding hydrogens is 322 g/mol. The smallest absolute Gasteiger partial charge is 0.249 e. The molecule has 3 rings (SSSR count). The van der Waals surface area contributed by atoms with E-state index in [0.29, 0.717) is 16.8 Å². The van der Waals surface area contributed by atoms with E-state index >= 15 is 0 Å². The zero-order valence-electron chi connectivity index (χ0n) is 13.8. The largest absolute Gasteiger partial charge is 0.339 e. The number of nitrogens with one attached hydrogen (secondary N) is 2. The summed E-state index contributed by atoms with van der Waals surface area (Å²) >= 11 is 6.05. The average molecular weight is 340 g/mol. The zero-order chi connectivity index (χ0) is 17.1. The molecule has 0 atom stereocenters. The number of aryl methyl sites for hydroxylation is 3. The van der Waals surface area contributed by atoms with Crippen molar-refractivity contribution in [3.63, 3.8) is 0 Å². The number of hydrogen-bond acceptors (Lipinski definition) is 5. The van der Waals surface area contributed by atoms with E-state index in [-0.39, 0.29) is 0 Å². The third-order valence-corrected chi connectivity index (χ3v) is 3.88. The summed E-state index contributed by atoms with van der Waals surface area (Å²) in [6.07, 6.45) is 1.58. The lowest BCUT2D eigenvalue weighted by Gasteiger charge is -2.11. The summed E-state index contributed by atoms with van der Waals surface area (Å²) in [5.41, 5.74) is 5.26. The second-order valence-electron chi connectivity index (χ2n) is 5.69. The van der Waals surface area contributed by atoms with Gasteiger partial charge in [0.15, 0.2) is 5.82 Å². The molecule has 0 fully saturated rings. The Hall–Kier alpha value is -2.66. The first-order valence-electron chi connectivity index (χ1n) is 7.58. The summed E-state index contributed by atoms with van der Waals surface area (Å²) in [6.45, 7) is 6.11. The summed E-state index contributed by atoms with van der Waals surface area (Å²) in [6, 6.07) is 11.8. The van der Waals surface area contributed by atoms with E-state index in [0.717, 1.165) is 22.5 Å². The van der Waals surface area contributed by atoms with Crippen LogP contribution in [0.2, 0.25) is 5.02 Å². The van der Waals surface area contributed by atoms with Crippen molar-refractivity contribution in [3.8, 4) is 0 Å². The Labute approximate surface area is 146 Å². The van der Waals surface area contributed by atoms with Crippen molar-refractivity contribution in [1.82, 2.24) is 15.2 Å². The molecule has 0 aliphatic carbocycles. The molecule has 0 unspecified atom stereocenters. The van der Waals surface area contributed by atoms with Gasteiger partial charge in [-0.05, 0) is 50.1 Å². The predicted molar refractivity (Wildman–Crippen MR) is 98.5 cm³/mol. The van der Waals surface area contributed by atoms with Crippen molar-refractivity contribution in [2.45, 2.75) is 20.8 Å². The van der Waals surface area contributed by atoms with Gasteiger partial charge >= 0.3 is 0 Å². The number of nitrogens with zero attached hydrogens (tertiary/aromatic N) is 3. The fourth-order valence-electron chi connectivity index (χ4n) is 2.36. The van der Waals surface area contributed by atoms with Crippen molar-refractivity contribution in [2.75, 3.05) is 10.6 Å². The maximum absolute atomic E-state index is 6.05. The number of aromatic nitrogens is 3. The Bertz CT molecular complexity index is 879. The molecule has 5 nitrogen and oxygen atoms in total. The first-order chi connectivity index (χ1) is 11.5. The van der Waals surface area contributed by atoms with Crippen molar-refractivity contribution in [2.24, 2.45) is 0 Å². The van der Waals surface area contributed by atoms with Crippen LogP contribution in [0.4, 0.5) is 23.1 Å². The van der Waals surface area contributed by atoms with Crippen LogP contribution in [0.15, 0.2) is 42.6 Å². The highest BCUT2D eigenvalue weighted by Crippen LogP contribution is 2.24. The molecule has 0 bridgehead atoms. The van der Waals surface area contributed by atoms with Gasteiger partial charge < -0.3 is 10.6 Å². The highest BCUT2D eigenvalue weighted by molar-refractivity contribution is 6.30. The molecule has 2 aromatic carbocycles. The lowest BCUT2D eigenvalue weighted by molar-refractivity contribution is 0.981. The van der Waals surface area contributed by atoms with Gasteiger partial charge in [0.25, 0.3) is 0 Å². The molecule has 0 radical (unpaired) electrons. The van der Waals surface area contributed by atoms with Crippen LogP contribution in [0.5, 0.6) is 0 Å². The van der Waals surface area contributed by atoms with Crippen LogP contribution in [-0.2, 0) is 0 Å². The second-order valence-corrected chi connectivity index (χ2v) is 6.13. The summed E-state index contributed by atoms with van der Waals surface area (Å²) in [7, 11) is 0. The van der Waals surface area contributed by atoms with E-state index in [1.54, 1.807) is 6.20 Å². The van der Waals surface area contributed by atoms with Gasteiger partial charge in [0, 0.05) is 16.4 Å². The van der Waals surface area contributed by atoms with E-state index in [4.69, 9.17) is 11.6 Å². The lowest BCUT2D eigenvalue weighted by Crippen LogP contribution is -2.04. The topological polar surface area (TPSA) is 62.7 Å². The van der Waals surface area contributed by atoms with Gasteiger partial charge in [-0.3, -0.25) is 0 Å². The van der Waals surface area contributed by atoms with Gasteiger partial charge in [0.1, 0.15) is 0 Å². The Morgan fingerprint density at radius 1 is 0.875 bits per heavy atom. The molecule has 0 spiro atoms. The molecule has 0 saturated carbocycles. The van der Waals surface area contributed by atoms with Crippen LogP contribution in [0, 0.1) is 20.8 Å². The quantitative estimate of drug-likeness (QED) is 0.705. The van der Waals surface area contributed by atoms with Crippen LogP contribution < -0.4 is 10.6 Å². The molecule has 6 heteroatoms. The Kier molecular flexibility index (Phi) is 4.62. The van der Waals surface area contributed by atoms with Crippen molar-refractivity contribution in [3.05, 3.63) is 64.3 Å². The SMILES string of the molecule is Cc1ccc(Nc2nncc(Nc3cc(Cl)ccc3C)n2)c(C)c1. The fraction of sp³-hybridized carbons (Fsp3) is 0.167. The molecule has 0 saturated heterocycles. The van der Waals surface area contributed by atoms with Gasteiger partial charge in [0.2, 0.25) is 5.95 Å². The Balaban J connectivity index is 1.82. The van der Waals surface area contributed by atoms with Crippen LogP contribution in [0.25, 0.3) is 0 Å². The maximum Gasteiger partial charge on any atom is 0.249 e. The van der Waals surface area contributed by atoms with E-state index in [9.17, 15) is 0 Å². The Morgan fingerprint density at radius 3 is 2.50 bits per heavy atom. The average Bonchev–Trinajstić information content (AvgIpc) is 2.54. The molecule has 0 aliphatic heterocycles.